The molecule has 1 rings (SSSR count). The second kappa shape index (κ2) is 5.25. The second-order valence-corrected chi connectivity index (χ2v) is 3.43. The van der Waals surface area contributed by atoms with Crippen LogP contribution < -0.4 is 5.32 Å². The predicted molar refractivity (Wildman–Crippen MR) is 53.9 cm³/mol. The number of anilines is 1. The van der Waals surface area contributed by atoms with Crippen molar-refractivity contribution in [2.24, 2.45) is 0 Å². The summed E-state index contributed by atoms with van der Waals surface area (Å²) in [6.45, 7) is 1.96. The van der Waals surface area contributed by atoms with Crippen LogP contribution in [0.1, 0.15) is 6.92 Å². The number of rotatable bonds is 5. The van der Waals surface area contributed by atoms with Gasteiger partial charge in [-0.3, -0.25) is 14.9 Å². The van der Waals surface area contributed by atoms with Gasteiger partial charge < -0.3 is 10.1 Å². The third-order valence-electron chi connectivity index (χ3n) is 1.36. The topological polar surface area (TPSA) is 94.4 Å². The Kier molecular flexibility index (Phi) is 3.98. The van der Waals surface area contributed by atoms with Crippen LogP contribution in [0.5, 0.6) is 0 Å². The van der Waals surface area contributed by atoms with Crippen LogP contribution >= 0.6 is 11.3 Å². The Labute approximate surface area is 89.2 Å². The molecule has 0 aliphatic heterocycles. The Balaban J connectivity index is 2.44. The first kappa shape index (κ1) is 11.4. The first-order valence-electron chi connectivity index (χ1n) is 4.13. The molecule has 7 nitrogen and oxygen atoms in total. The Morgan fingerprint density at radius 3 is 3.07 bits per heavy atom. The summed E-state index contributed by atoms with van der Waals surface area (Å²) in [6.07, 6.45) is 1.14. The molecule has 1 N–H and O–H groups in total. The van der Waals surface area contributed by atoms with E-state index in [1.807, 2.05) is 0 Å². The minimum atomic E-state index is -0.535. The molecule has 0 spiro atoms. The maximum absolute atomic E-state index is 10.9. The fourth-order valence-corrected chi connectivity index (χ4v) is 1.42. The van der Waals surface area contributed by atoms with Gasteiger partial charge in [-0.05, 0) is 18.3 Å². The van der Waals surface area contributed by atoms with E-state index in [0.29, 0.717) is 11.7 Å². The predicted octanol–water partition coefficient (Wildman–Crippen LogP) is 1.03. The minimum Gasteiger partial charge on any atom is -0.465 e. The Hall–Kier alpha value is -1.70. The summed E-state index contributed by atoms with van der Waals surface area (Å²) < 4.78 is 4.66. The average Bonchev–Trinajstić information content (AvgIpc) is 2.63. The third kappa shape index (κ3) is 3.50. The molecular weight excluding hydrogens is 222 g/mol. The van der Waals surface area contributed by atoms with Crippen LogP contribution in [-0.2, 0) is 9.53 Å². The monoisotopic (exact) mass is 231 g/mol. The van der Waals surface area contributed by atoms with Gasteiger partial charge in [-0.1, -0.05) is 0 Å². The molecule has 0 aromatic carbocycles. The van der Waals surface area contributed by atoms with Gasteiger partial charge in [0, 0.05) is 0 Å². The molecule has 0 saturated carbocycles. The molecule has 0 aliphatic rings. The van der Waals surface area contributed by atoms with Crippen molar-refractivity contribution in [1.29, 1.82) is 0 Å². The van der Waals surface area contributed by atoms with Crippen LogP contribution in [0, 0.1) is 10.1 Å². The smallest absolute Gasteiger partial charge is 0.345 e. The standard InChI is InChI=1S/C7H9N3O4S/c1-2-14-6(11)4-9-7-8-3-5(15-7)10(12)13/h3H,2,4H2,1H3,(H,8,9). The lowest BCUT2D eigenvalue weighted by Crippen LogP contribution is -2.16. The van der Waals surface area contributed by atoms with Gasteiger partial charge in [-0.2, -0.15) is 0 Å². The highest BCUT2D eigenvalue weighted by atomic mass is 32.1. The molecule has 0 unspecified atom stereocenters. The number of hydrogen-bond acceptors (Lipinski definition) is 7. The number of carbonyl (C=O) groups excluding carboxylic acids is 1. The number of nitro groups is 1. The number of nitrogens with zero attached hydrogens (tertiary/aromatic N) is 2. The Bertz CT molecular complexity index is 365. The third-order valence-corrected chi connectivity index (χ3v) is 2.27. The summed E-state index contributed by atoms with van der Waals surface area (Å²) >= 11 is 0.872. The van der Waals surface area contributed by atoms with Crippen molar-refractivity contribution in [3.8, 4) is 0 Å². The molecule has 1 aromatic rings. The number of esters is 1. The van der Waals surface area contributed by atoms with E-state index in [1.165, 1.54) is 0 Å². The van der Waals surface area contributed by atoms with Crippen molar-refractivity contribution in [2.75, 3.05) is 18.5 Å². The van der Waals surface area contributed by atoms with Crippen LogP contribution in [-0.4, -0.2) is 29.0 Å². The number of ether oxygens (including phenoxy) is 1. The van der Waals surface area contributed by atoms with Gasteiger partial charge in [-0.25, -0.2) is 4.98 Å². The van der Waals surface area contributed by atoms with Gasteiger partial charge in [0.05, 0.1) is 11.5 Å². The molecule has 0 fully saturated rings. The highest BCUT2D eigenvalue weighted by molar-refractivity contribution is 7.18. The van der Waals surface area contributed by atoms with Crippen molar-refractivity contribution in [3.63, 3.8) is 0 Å². The summed E-state index contributed by atoms with van der Waals surface area (Å²) in [6, 6.07) is 0. The van der Waals surface area contributed by atoms with Gasteiger partial charge in [0.25, 0.3) is 0 Å². The number of nitrogens with one attached hydrogen (secondary N) is 1. The van der Waals surface area contributed by atoms with Gasteiger partial charge in [0.2, 0.25) is 0 Å². The largest absolute Gasteiger partial charge is 0.465 e. The van der Waals surface area contributed by atoms with E-state index in [9.17, 15) is 14.9 Å². The maximum Gasteiger partial charge on any atom is 0.345 e. The van der Waals surface area contributed by atoms with E-state index in [4.69, 9.17) is 0 Å². The molecule has 82 valence electrons. The SMILES string of the molecule is CCOC(=O)CNc1ncc([N+](=O)[O-])s1. The van der Waals surface area contributed by atoms with E-state index in [2.05, 4.69) is 15.0 Å². The van der Waals surface area contributed by atoms with Crippen molar-refractivity contribution >= 4 is 27.4 Å². The fraction of sp³-hybridized carbons (Fsp3) is 0.429. The first-order chi connectivity index (χ1) is 7.13. The van der Waals surface area contributed by atoms with E-state index in [0.717, 1.165) is 17.5 Å². The highest BCUT2D eigenvalue weighted by Gasteiger charge is 2.11. The summed E-state index contributed by atoms with van der Waals surface area (Å²) in [7, 11) is 0. The second-order valence-electron chi connectivity index (χ2n) is 2.42. The number of carbonyl (C=O) groups is 1. The summed E-state index contributed by atoms with van der Waals surface area (Å²) in [4.78, 5) is 24.4. The van der Waals surface area contributed by atoms with Gasteiger partial charge in [0.1, 0.15) is 12.7 Å². The lowest BCUT2D eigenvalue weighted by molar-refractivity contribution is -0.380. The van der Waals surface area contributed by atoms with Crippen LogP contribution in [0.15, 0.2) is 6.20 Å². The Morgan fingerprint density at radius 1 is 1.80 bits per heavy atom. The van der Waals surface area contributed by atoms with Crippen molar-refractivity contribution in [1.82, 2.24) is 4.98 Å². The first-order valence-corrected chi connectivity index (χ1v) is 4.95. The van der Waals surface area contributed by atoms with Crippen LogP contribution in [0.3, 0.4) is 0 Å². The Morgan fingerprint density at radius 2 is 2.53 bits per heavy atom. The summed E-state index contributed by atoms with van der Waals surface area (Å²) in [5.74, 6) is -0.421. The molecule has 0 radical (unpaired) electrons. The lowest BCUT2D eigenvalue weighted by atomic mass is 10.6. The zero-order valence-corrected chi connectivity index (χ0v) is 8.74. The van der Waals surface area contributed by atoms with E-state index < -0.39 is 10.9 Å². The van der Waals surface area contributed by atoms with Gasteiger partial charge >= 0.3 is 11.0 Å². The van der Waals surface area contributed by atoms with Gasteiger partial charge in [-0.15, -0.1) is 0 Å². The highest BCUT2D eigenvalue weighted by Crippen LogP contribution is 2.24. The van der Waals surface area contributed by atoms with E-state index >= 15 is 0 Å². The molecule has 0 saturated heterocycles. The summed E-state index contributed by atoms with van der Waals surface area (Å²) in [5.41, 5.74) is 0. The molecule has 0 bridgehead atoms. The average molecular weight is 231 g/mol. The van der Waals surface area contributed by atoms with Crippen LogP contribution in [0.25, 0.3) is 0 Å². The van der Waals surface area contributed by atoms with E-state index in [-0.39, 0.29) is 11.5 Å². The minimum absolute atomic E-state index is 0.0431. The zero-order valence-electron chi connectivity index (χ0n) is 7.93. The summed E-state index contributed by atoms with van der Waals surface area (Å²) in [5, 5.41) is 13.2. The van der Waals surface area contributed by atoms with Crippen molar-refractivity contribution in [2.45, 2.75) is 6.92 Å². The molecular formula is C7H9N3O4S. The molecule has 1 aromatic heterocycles. The number of hydrogen-bond donors (Lipinski definition) is 1. The molecule has 8 heteroatoms. The quantitative estimate of drug-likeness (QED) is 0.462. The molecule has 1 heterocycles. The van der Waals surface area contributed by atoms with E-state index in [1.54, 1.807) is 6.92 Å². The normalized spacial score (nSPS) is 9.67. The number of aromatic nitrogens is 1. The van der Waals surface area contributed by atoms with Crippen LogP contribution in [0.2, 0.25) is 0 Å². The molecule has 0 atom stereocenters. The molecule has 15 heavy (non-hydrogen) atoms. The maximum atomic E-state index is 10.9. The molecule has 0 amide bonds. The van der Waals surface area contributed by atoms with Crippen molar-refractivity contribution < 1.29 is 14.5 Å². The fourth-order valence-electron chi connectivity index (χ4n) is 0.792. The lowest BCUT2D eigenvalue weighted by Gasteiger charge is -2.01. The zero-order chi connectivity index (χ0) is 11.3. The number of thiazole rings is 1. The van der Waals surface area contributed by atoms with Crippen LogP contribution in [0.4, 0.5) is 10.1 Å². The molecule has 0 aliphatic carbocycles. The van der Waals surface area contributed by atoms with Gasteiger partial charge in [0.15, 0.2) is 5.13 Å². The van der Waals surface area contributed by atoms with Crippen molar-refractivity contribution in [3.05, 3.63) is 16.3 Å².